The highest BCUT2D eigenvalue weighted by Crippen LogP contribution is 2.13. The Balaban J connectivity index is 2.10. The van der Waals surface area contributed by atoms with Crippen LogP contribution in [0.1, 0.15) is 12.5 Å². The molecule has 0 amide bonds. The van der Waals surface area contributed by atoms with Crippen molar-refractivity contribution in [2.24, 2.45) is 5.16 Å². The third kappa shape index (κ3) is 3.43. The molecule has 0 atom stereocenters. The number of rotatable bonds is 3. The minimum absolute atomic E-state index is 0.740. The summed E-state index contributed by atoms with van der Waals surface area (Å²) in [5.74, 6) is 0.740. The summed E-state index contributed by atoms with van der Waals surface area (Å²) in [6.45, 7) is 1.92. The Morgan fingerprint density at radius 3 is 2.29 bits per heavy atom. The molecular formula is C14H12BrNO. The molecule has 0 unspecified atom stereocenters. The van der Waals surface area contributed by atoms with E-state index in [-0.39, 0.29) is 0 Å². The van der Waals surface area contributed by atoms with Crippen molar-refractivity contribution in [1.82, 2.24) is 0 Å². The van der Waals surface area contributed by atoms with Crippen molar-refractivity contribution >= 4 is 21.6 Å². The van der Waals surface area contributed by atoms with Gasteiger partial charge in [0.05, 0.1) is 5.71 Å². The molecule has 0 aliphatic rings. The van der Waals surface area contributed by atoms with Crippen LogP contribution in [-0.2, 0) is 0 Å². The first kappa shape index (κ1) is 11.9. The lowest BCUT2D eigenvalue weighted by molar-refractivity contribution is 0.341. The van der Waals surface area contributed by atoms with Gasteiger partial charge < -0.3 is 4.84 Å². The molecule has 0 aliphatic heterocycles. The van der Waals surface area contributed by atoms with E-state index in [2.05, 4.69) is 21.1 Å². The van der Waals surface area contributed by atoms with Crippen molar-refractivity contribution in [3.05, 3.63) is 64.6 Å². The normalized spacial score (nSPS) is 11.3. The molecule has 0 aromatic heterocycles. The number of hydrogen-bond acceptors (Lipinski definition) is 2. The fraction of sp³-hybridized carbons (Fsp3) is 0.0714. The van der Waals surface area contributed by atoms with Crippen molar-refractivity contribution in [1.29, 1.82) is 0 Å². The number of hydrogen-bond donors (Lipinski definition) is 0. The molecule has 2 aromatic carbocycles. The minimum Gasteiger partial charge on any atom is -0.357 e. The maximum Gasteiger partial charge on any atom is 0.157 e. The molecule has 3 heteroatoms. The van der Waals surface area contributed by atoms with Crippen molar-refractivity contribution < 1.29 is 4.84 Å². The zero-order valence-electron chi connectivity index (χ0n) is 9.43. The van der Waals surface area contributed by atoms with E-state index < -0.39 is 0 Å². The molecule has 0 saturated heterocycles. The van der Waals surface area contributed by atoms with Gasteiger partial charge in [-0.2, -0.15) is 0 Å². The zero-order chi connectivity index (χ0) is 12.1. The predicted molar refractivity (Wildman–Crippen MR) is 73.4 cm³/mol. The predicted octanol–water partition coefficient (Wildman–Crippen LogP) is 4.25. The molecule has 0 bridgehead atoms. The van der Waals surface area contributed by atoms with Gasteiger partial charge in [0.25, 0.3) is 0 Å². The second-order valence-corrected chi connectivity index (χ2v) is 4.50. The summed E-state index contributed by atoms with van der Waals surface area (Å²) in [6, 6.07) is 17.5. The van der Waals surface area contributed by atoms with Crippen molar-refractivity contribution in [2.45, 2.75) is 6.92 Å². The largest absolute Gasteiger partial charge is 0.357 e. The standard InChI is InChI=1S/C14H12BrNO/c1-11(12-7-9-13(15)10-8-12)16-17-14-5-3-2-4-6-14/h2-10H,1H3/b16-11+. The summed E-state index contributed by atoms with van der Waals surface area (Å²) in [4.78, 5) is 5.33. The third-order valence-electron chi connectivity index (χ3n) is 2.29. The summed E-state index contributed by atoms with van der Waals surface area (Å²) in [5.41, 5.74) is 1.89. The van der Waals surface area contributed by atoms with E-state index in [1.165, 1.54) is 0 Å². The van der Waals surface area contributed by atoms with E-state index >= 15 is 0 Å². The molecule has 17 heavy (non-hydrogen) atoms. The quantitative estimate of drug-likeness (QED) is 0.611. The zero-order valence-corrected chi connectivity index (χ0v) is 11.0. The Labute approximate surface area is 109 Å². The fourth-order valence-corrected chi connectivity index (χ4v) is 1.61. The summed E-state index contributed by atoms with van der Waals surface area (Å²) in [5, 5.41) is 4.10. The first-order valence-electron chi connectivity index (χ1n) is 5.28. The van der Waals surface area contributed by atoms with Crippen LogP contribution in [0.25, 0.3) is 0 Å². The SMILES string of the molecule is C/C(=N\Oc1ccccc1)c1ccc(Br)cc1. The molecule has 0 saturated carbocycles. The van der Waals surface area contributed by atoms with Crippen LogP contribution in [0.15, 0.2) is 64.2 Å². The Hall–Kier alpha value is -1.61. The second kappa shape index (κ2) is 5.64. The van der Waals surface area contributed by atoms with Crippen LogP contribution in [-0.4, -0.2) is 5.71 Å². The Kier molecular flexibility index (Phi) is 3.94. The van der Waals surface area contributed by atoms with Gasteiger partial charge in [0.1, 0.15) is 0 Å². The highest BCUT2D eigenvalue weighted by atomic mass is 79.9. The maximum absolute atomic E-state index is 5.33. The Morgan fingerprint density at radius 1 is 1.00 bits per heavy atom. The van der Waals surface area contributed by atoms with E-state index in [4.69, 9.17) is 4.84 Å². The van der Waals surface area contributed by atoms with Crippen LogP contribution in [0, 0.1) is 0 Å². The lowest BCUT2D eigenvalue weighted by atomic mass is 10.1. The van der Waals surface area contributed by atoms with Gasteiger partial charge in [-0.25, -0.2) is 0 Å². The Morgan fingerprint density at radius 2 is 1.65 bits per heavy atom. The monoisotopic (exact) mass is 289 g/mol. The van der Waals surface area contributed by atoms with Crippen LogP contribution in [0.4, 0.5) is 0 Å². The number of nitrogens with zero attached hydrogens (tertiary/aromatic N) is 1. The van der Waals surface area contributed by atoms with Crippen LogP contribution in [0.2, 0.25) is 0 Å². The minimum atomic E-state index is 0.740. The average Bonchev–Trinajstić information content (AvgIpc) is 2.38. The highest BCUT2D eigenvalue weighted by Gasteiger charge is 1.98. The maximum atomic E-state index is 5.33. The number of oxime groups is 1. The molecule has 0 fully saturated rings. The molecule has 0 heterocycles. The van der Waals surface area contributed by atoms with Crippen molar-refractivity contribution in [3.63, 3.8) is 0 Å². The van der Waals surface area contributed by atoms with E-state index in [0.717, 1.165) is 21.5 Å². The Bertz CT molecular complexity index is 506. The summed E-state index contributed by atoms with van der Waals surface area (Å²) in [7, 11) is 0. The van der Waals surface area contributed by atoms with E-state index in [1.807, 2.05) is 61.5 Å². The van der Waals surface area contributed by atoms with Crippen LogP contribution < -0.4 is 4.84 Å². The summed E-state index contributed by atoms with van der Waals surface area (Å²) < 4.78 is 1.05. The van der Waals surface area contributed by atoms with Gasteiger partial charge in [-0.15, -0.1) is 0 Å². The lowest BCUT2D eigenvalue weighted by Gasteiger charge is -2.02. The van der Waals surface area contributed by atoms with Gasteiger partial charge >= 0.3 is 0 Å². The van der Waals surface area contributed by atoms with Gasteiger partial charge in [-0.1, -0.05) is 51.4 Å². The number of para-hydroxylation sites is 1. The summed E-state index contributed by atoms with van der Waals surface area (Å²) in [6.07, 6.45) is 0. The highest BCUT2D eigenvalue weighted by molar-refractivity contribution is 9.10. The number of benzene rings is 2. The molecule has 86 valence electrons. The molecule has 2 aromatic rings. The third-order valence-corrected chi connectivity index (χ3v) is 2.82. The molecule has 0 spiro atoms. The first-order chi connectivity index (χ1) is 8.25. The second-order valence-electron chi connectivity index (χ2n) is 3.59. The van der Waals surface area contributed by atoms with Crippen LogP contribution >= 0.6 is 15.9 Å². The lowest BCUT2D eigenvalue weighted by Crippen LogP contribution is -1.97. The van der Waals surface area contributed by atoms with E-state index in [0.29, 0.717) is 0 Å². The van der Waals surface area contributed by atoms with Crippen LogP contribution in [0.3, 0.4) is 0 Å². The van der Waals surface area contributed by atoms with Gasteiger partial charge in [-0.3, -0.25) is 0 Å². The molecule has 0 radical (unpaired) electrons. The van der Waals surface area contributed by atoms with Gasteiger partial charge in [0.2, 0.25) is 0 Å². The van der Waals surface area contributed by atoms with Gasteiger partial charge in [0.15, 0.2) is 5.75 Å². The van der Waals surface area contributed by atoms with Gasteiger partial charge in [-0.05, 0) is 36.8 Å². The fourth-order valence-electron chi connectivity index (χ4n) is 1.35. The molecule has 0 aliphatic carbocycles. The molecular weight excluding hydrogens is 278 g/mol. The molecule has 2 nitrogen and oxygen atoms in total. The number of halogens is 1. The van der Waals surface area contributed by atoms with Crippen molar-refractivity contribution in [2.75, 3.05) is 0 Å². The van der Waals surface area contributed by atoms with Crippen LogP contribution in [0.5, 0.6) is 5.75 Å². The molecule has 0 N–H and O–H groups in total. The molecule has 2 rings (SSSR count). The first-order valence-corrected chi connectivity index (χ1v) is 6.07. The van der Waals surface area contributed by atoms with Gasteiger partial charge in [0, 0.05) is 4.47 Å². The van der Waals surface area contributed by atoms with Crippen molar-refractivity contribution in [3.8, 4) is 5.75 Å². The van der Waals surface area contributed by atoms with E-state index in [1.54, 1.807) is 0 Å². The topological polar surface area (TPSA) is 21.6 Å². The average molecular weight is 290 g/mol. The summed E-state index contributed by atoms with van der Waals surface area (Å²) >= 11 is 3.40. The van der Waals surface area contributed by atoms with E-state index in [9.17, 15) is 0 Å². The smallest absolute Gasteiger partial charge is 0.157 e.